The number of rotatable bonds is 7. The first-order valence-electron chi connectivity index (χ1n) is 8.23. The molecule has 2 N–H and O–H groups in total. The number of alkyl halides is 3. The van der Waals surface area contributed by atoms with E-state index in [-0.39, 0.29) is 24.8 Å². The first-order valence-corrected chi connectivity index (χ1v) is 8.23. The molecule has 27 heavy (non-hydrogen) atoms. The van der Waals surface area contributed by atoms with E-state index in [1.165, 1.54) is 0 Å². The van der Waals surface area contributed by atoms with Gasteiger partial charge in [0.1, 0.15) is 5.75 Å². The quantitative estimate of drug-likeness (QED) is 0.776. The van der Waals surface area contributed by atoms with Gasteiger partial charge < -0.3 is 15.4 Å². The summed E-state index contributed by atoms with van der Waals surface area (Å²) >= 11 is 0. The number of nitrogens with one attached hydrogen (secondary N) is 2. The van der Waals surface area contributed by atoms with Gasteiger partial charge in [-0.1, -0.05) is 12.1 Å². The van der Waals surface area contributed by atoms with Crippen molar-refractivity contribution in [1.29, 1.82) is 0 Å². The third-order valence-electron chi connectivity index (χ3n) is 3.59. The third kappa shape index (κ3) is 6.32. The molecule has 0 aromatic heterocycles. The Morgan fingerprint density at radius 3 is 2.15 bits per heavy atom. The zero-order chi connectivity index (χ0) is 19.9. The number of hydrogen-bond acceptors (Lipinski definition) is 3. The van der Waals surface area contributed by atoms with E-state index in [4.69, 9.17) is 4.74 Å². The van der Waals surface area contributed by atoms with Crippen LogP contribution in [0, 0.1) is 0 Å². The number of halogens is 3. The Morgan fingerprint density at radius 1 is 0.963 bits per heavy atom. The van der Waals surface area contributed by atoms with Gasteiger partial charge in [0.2, 0.25) is 0 Å². The van der Waals surface area contributed by atoms with E-state index < -0.39 is 17.6 Å². The van der Waals surface area contributed by atoms with E-state index in [9.17, 15) is 22.8 Å². The summed E-state index contributed by atoms with van der Waals surface area (Å²) in [5.41, 5.74) is 0.541. The number of carbonyl (C=O) groups excluding carboxylic acids is 2. The van der Waals surface area contributed by atoms with Crippen LogP contribution < -0.4 is 15.4 Å². The molecule has 5 nitrogen and oxygen atoms in total. The monoisotopic (exact) mass is 380 g/mol. The predicted molar refractivity (Wildman–Crippen MR) is 93.2 cm³/mol. The molecule has 0 saturated carbocycles. The summed E-state index contributed by atoms with van der Waals surface area (Å²) in [5, 5.41) is 5.32. The molecule has 2 aromatic rings. The Balaban J connectivity index is 1.78. The molecule has 0 aliphatic heterocycles. The highest BCUT2D eigenvalue weighted by atomic mass is 19.4. The largest absolute Gasteiger partial charge is 0.484 e. The summed E-state index contributed by atoms with van der Waals surface area (Å²) in [6.45, 7) is 2.29. The van der Waals surface area contributed by atoms with Crippen molar-refractivity contribution < 1.29 is 27.5 Å². The molecule has 0 saturated heterocycles. The zero-order valence-corrected chi connectivity index (χ0v) is 14.6. The summed E-state index contributed by atoms with van der Waals surface area (Å²) in [7, 11) is 0. The van der Waals surface area contributed by atoms with E-state index in [1.807, 2.05) is 6.92 Å². The molecule has 0 unspecified atom stereocenters. The van der Waals surface area contributed by atoms with Gasteiger partial charge in [0, 0.05) is 18.7 Å². The van der Waals surface area contributed by atoms with Crippen molar-refractivity contribution in [2.24, 2.45) is 0 Å². The van der Waals surface area contributed by atoms with Crippen molar-refractivity contribution in [3.8, 4) is 5.75 Å². The van der Waals surface area contributed by atoms with Gasteiger partial charge in [0.15, 0.2) is 6.61 Å². The SMILES string of the molecule is CCNC(=O)c1ccc(CNC(=O)COc2ccc(C(F)(F)F)cc2)cc1. The average molecular weight is 380 g/mol. The molecule has 8 heteroatoms. The maximum Gasteiger partial charge on any atom is 0.416 e. The molecule has 2 aromatic carbocycles. The average Bonchev–Trinajstić information content (AvgIpc) is 2.65. The summed E-state index contributed by atoms with van der Waals surface area (Å²) in [6, 6.07) is 10.9. The molecule has 0 aliphatic carbocycles. The topological polar surface area (TPSA) is 67.4 Å². The van der Waals surface area contributed by atoms with E-state index >= 15 is 0 Å². The second-order valence-corrected chi connectivity index (χ2v) is 5.64. The fourth-order valence-corrected chi connectivity index (χ4v) is 2.18. The molecular weight excluding hydrogens is 361 g/mol. The normalized spacial score (nSPS) is 11.0. The lowest BCUT2D eigenvalue weighted by molar-refractivity contribution is -0.137. The molecule has 2 rings (SSSR count). The van der Waals surface area contributed by atoms with Gasteiger partial charge in [-0.25, -0.2) is 0 Å². The Hall–Kier alpha value is -3.03. The van der Waals surface area contributed by atoms with Gasteiger partial charge in [0.05, 0.1) is 5.56 Å². The van der Waals surface area contributed by atoms with Crippen LogP contribution in [-0.4, -0.2) is 25.0 Å². The lowest BCUT2D eigenvalue weighted by atomic mass is 10.1. The van der Waals surface area contributed by atoms with Crippen molar-refractivity contribution in [3.05, 3.63) is 65.2 Å². The second-order valence-electron chi connectivity index (χ2n) is 5.64. The smallest absolute Gasteiger partial charge is 0.416 e. The molecule has 0 atom stereocenters. The number of carbonyl (C=O) groups is 2. The minimum Gasteiger partial charge on any atom is -0.484 e. The van der Waals surface area contributed by atoms with Gasteiger partial charge >= 0.3 is 6.18 Å². The maximum atomic E-state index is 12.5. The van der Waals surface area contributed by atoms with Crippen LogP contribution in [0.25, 0.3) is 0 Å². The summed E-state index contributed by atoms with van der Waals surface area (Å²) in [5.74, 6) is -0.412. The van der Waals surface area contributed by atoms with Gasteiger partial charge in [0.25, 0.3) is 11.8 Å². The number of ether oxygens (including phenoxy) is 1. The van der Waals surface area contributed by atoms with Crippen LogP contribution in [-0.2, 0) is 17.5 Å². The molecule has 0 fully saturated rings. The van der Waals surface area contributed by atoms with Crippen molar-refractivity contribution in [1.82, 2.24) is 10.6 Å². The first kappa shape index (κ1) is 20.3. The predicted octanol–water partition coefficient (Wildman–Crippen LogP) is 3.15. The van der Waals surface area contributed by atoms with Crippen LogP contribution in [0.1, 0.15) is 28.4 Å². The summed E-state index contributed by atoms with van der Waals surface area (Å²) < 4.78 is 42.6. The Labute approximate surface area is 154 Å². The molecule has 0 bridgehead atoms. The molecule has 0 spiro atoms. The highest BCUT2D eigenvalue weighted by Crippen LogP contribution is 2.30. The van der Waals surface area contributed by atoms with Crippen molar-refractivity contribution >= 4 is 11.8 Å². The third-order valence-corrected chi connectivity index (χ3v) is 3.59. The maximum absolute atomic E-state index is 12.5. The lowest BCUT2D eigenvalue weighted by Crippen LogP contribution is -2.28. The fourth-order valence-electron chi connectivity index (χ4n) is 2.18. The molecule has 144 valence electrons. The van der Waals surface area contributed by atoms with E-state index in [2.05, 4.69) is 10.6 Å². The van der Waals surface area contributed by atoms with Gasteiger partial charge in [-0.05, 0) is 48.9 Å². The molecule has 0 heterocycles. The number of hydrogen-bond donors (Lipinski definition) is 2. The van der Waals surface area contributed by atoms with Crippen LogP contribution in [0.3, 0.4) is 0 Å². The summed E-state index contributed by atoms with van der Waals surface area (Å²) in [4.78, 5) is 23.5. The van der Waals surface area contributed by atoms with Crippen LogP contribution in [0.5, 0.6) is 5.75 Å². The van der Waals surface area contributed by atoms with E-state index in [0.717, 1.165) is 29.8 Å². The van der Waals surface area contributed by atoms with Gasteiger partial charge in [-0.3, -0.25) is 9.59 Å². The van der Waals surface area contributed by atoms with Crippen molar-refractivity contribution in [2.45, 2.75) is 19.6 Å². The lowest BCUT2D eigenvalue weighted by Gasteiger charge is -2.10. The molecule has 2 amide bonds. The standard InChI is InChI=1S/C19H19F3N2O3/c1-2-23-18(26)14-5-3-13(4-6-14)11-24-17(25)12-27-16-9-7-15(8-10-16)19(20,21)22/h3-10H,2,11-12H2,1H3,(H,23,26)(H,24,25). The van der Waals surface area contributed by atoms with Crippen LogP contribution in [0.4, 0.5) is 13.2 Å². The van der Waals surface area contributed by atoms with Crippen LogP contribution in [0.15, 0.2) is 48.5 Å². The Bertz CT molecular complexity index is 772. The minimum absolute atomic E-state index is 0.168. The van der Waals surface area contributed by atoms with Crippen molar-refractivity contribution in [3.63, 3.8) is 0 Å². The molecule has 0 radical (unpaired) electrons. The second kappa shape index (κ2) is 9.07. The zero-order valence-electron chi connectivity index (χ0n) is 14.6. The molecule has 0 aliphatic rings. The number of amides is 2. The Kier molecular flexibility index (Phi) is 6.81. The van der Waals surface area contributed by atoms with Gasteiger partial charge in [-0.15, -0.1) is 0 Å². The van der Waals surface area contributed by atoms with Crippen molar-refractivity contribution in [2.75, 3.05) is 13.2 Å². The highest BCUT2D eigenvalue weighted by Gasteiger charge is 2.30. The molecular formula is C19H19F3N2O3. The number of benzene rings is 2. The van der Waals surface area contributed by atoms with Crippen LogP contribution >= 0.6 is 0 Å². The van der Waals surface area contributed by atoms with Crippen LogP contribution in [0.2, 0.25) is 0 Å². The first-order chi connectivity index (χ1) is 12.8. The minimum atomic E-state index is -4.41. The Morgan fingerprint density at radius 2 is 1.59 bits per heavy atom. The highest BCUT2D eigenvalue weighted by molar-refractivity contribution is 5.94. The fraction of sp³-hybridized carbons (Fsp3) is 0.263. The van der Waals surface area contributed by atoms with E-state index in [0.29, 0.717) is 12.1 Å². The van der Waals surface area contributed by atoms with E-state index in [1.54, 1.807) is 24.3 Å². The van der Waals surface area contributed by atoms with Gasteiger partial charge in [-0.2, -0.15) is 13.2 Å². The summed E-state index contributed by atoms with van der Waals surface area (Å²) in [6.07, 6.45) is -4.41.